The Labute approximate surface area is 234 Å². The van der Waals surface area contributed by atoms with Crippen LogP contribution >= 0.6 is 23.5 Å². The molecule has 0 unspecified atom stereocenters. The molecular formula is C30H34N4O2S2. The summed E-state index contributed by atoms with van der Waals surface area (Å²) < 4.78 is 12.6. The molecule has 4 N–H and O–H groups in total. The van der Waals surface area contributed by atoms with Crippen LogP contribution in [0.4, 0.5) is 11.4 Å². The van der Waals surface area contributed by atoms with Gasteiger partial charge in [0.1, 0.15) is 23.3 Å². The van der Waals surface area contributed by atoms with E-state index < -0.39 is 0 Å². The first kappa shape index (κ1) is 29.1. The predicted molar refractivity (Wildman–Crippen MR) is 156 cm³/mol. The van der Waals surface area contributed by atoms with E-state index in [4.69, 9.17) is 20.9 Å². The van der Waals surface area contributed by atoms with Crippen molar-refractivity contribution in [1.29, 1.82) is 10.5 Å². The summed E-state index contributed by atoms with van der Waals surface area (Å²) in [5.74, 6) is 0.784. The minimum atomic E-state index is 0.184. The average Bonchev–Trinajstić information content (AvgIpc) is 2.92. The molecule has 3 aromatic carbocycles. The predicted octanol–water partition coefficient (Wildman–Crippen LogP) is 8.03. The first-order valence-corrected chi connectivity index (χ1v) is 14.5. The van der Waals surface area contributed by atoms with Crippen molar-refractivity contribution in [3.05, 3.63) is 59.7 Å². The monoisotopic (exact) mass is 546 g/mol. The maximum Gasteiger partial charge on any atom is 0.153 e. The Hall–Kier alpha value is -3.46. The maximum atomic E-state index is 10.2. The molecule has 0 aliphatic carbocycles. The molecule has 0 amide bonds. The highest BCUT2D eigenvalue weighted by Gasteiger charge is 2.28. The van der Waals surface area contributed by atoms with Gasteiger partial charge < -0.3 is 20.9 Å². The highest BCUT2D eigenvalue weighted by Crippen LogP contribution is 2.53. The van der Waals surface area contributed by atoms with Crippen LogP contribution in [0, 0.1) is 22.7 Å². The highest BCUT2D eigenvalue weighted by atomic mass is 32.2. The molecule has 0 bridgehead atoms. The third-order valence-electron chi connectivity index (χ3n) is 5.74. The lowest BCUT2D eigenvalue weighted by Gasteiger charge is -2.22. The van der Waals surface area contributed by atoms with Crippen LogP contribution in [0.2, 0.25) is 0 Å². The Morgan fingerprint density at radius 1 is 0.737 bits per heavy atom. The molecular weight excluding hydrogens is 512 g/mol. The van der Waals surface area contributed by atoms with Crippen LogP contribution < -0.4 is 20.9 Å². The van der Waals surface area contributed by atoms with Crippen LogP contribution in [0.3, 0.4) is 0 Å². The van der Waals surface area contributed by atoms with E-state index in [1.807, 2.05) is 48.5 Å². The molecule has 3 rings (SSSR count). The number of nitrogen functional groups attached to an aromatic ring is 2. The third kappa shape index (κ3) is 7.54. The van der Waals surface area contributed by atoms with Crippen molar-refractivity contribution >= 4 is 34.9 Å². The number of nitrogens with zero attached hydrogens (tertiary/aromatic N) is 2. The number of ether oxygens (including phenoxy) is 2. The van der Waals surface area contributed by atoms with Gasteiger partial charge in [0.2, 0.25) is 0 Å². The van der Waals surface area contributed by atoms with Gasteiger partial charge in [0.25, 0.3) is 0 Å². The minimum absolute atomic E-state index is 0.184. The van der Waals surface area contributed by atoms with E-state index in [2.05, 4.69) is 26.0 Å². The summed E-state index contributed by atoms with van der Waals surface area (Å²) in [5.41, 5.74) is 14.0. The zero-order chi connectivity index (χ0) is 27.3. The second-order valence-corrected chi connectivity index (χ2v) is 10.9. The molecule has 0 saturated carbocycles. The summed E-state index contributed by atoms with van der Waals surface area (Å²) in [7, 11) is 0. The Kier molecular flexibility index (Phi) is 11.5. The lowest BCUT2D eigenvalue weighted by Crippen LogP contribution is -2.08. The van der Waals surface area contributed by atoms with E-state index in [9.17, 15) is 10.5 Å². The second kappa shape index (κ2) is 15.1. The summed E-state index contributed by atoms with van der Waals surface area (Å²) in [4.78, 5) is 3.12. The lowest BCUT2D eigenvalue weighted by atomic mass is 10.1. The van der Waals surface area contributed by atoms with Crippen molar-refractivity contribution in [2.45, 2.75) is 72.0 Å². The molecule has 0 aromatic heterocycles. The minimum Gasteiger partial charge on any atom is -0.491 e. The van der Waals surface area contributed by atoms with Crippen LogP contribution in [0.25, 0.3) is 0 Å². The number of hydrogen-bond donors (Lipinski definition) is 2. The Morgan fingerprint density at radius 3 is 1.84 bits per heavy atom. The van der Waals surface area contributed by atoms with Crippen molar-refractivity contribution < 1.29 is 9.47 Å². The van der Waals surface area contributed by atoms with Gasteiger partial charge in [0.15, 0.2) is 11.5 Å². The van der Waals surface area contributed by atoms with Crippen molar-refractivity contribution in [2.24, 2.45) is 0 Å². The summed E-state index contributed by atoms with van der Waals surface area (Å²) in [5, 5.41) is 20.5. The number of nitrogens with two attached hydrogens (primary N) is 2. The lowest BCUT2D eigenvalue weighted by molar-refractivity contribution is 0.284. The quantitative estimate of drug-likeness (QED) is 0.154. The zero-order valence-corrected chi connectivity index (χ0v) is 23.6. The first-order chi connectivity index (χ1) is 18.5. The molecule has 0 aliphatic rings. The molecule has 0 radical (unpaired) electrons. The van der Waals surface area contributed by atoms with E-state index in [-0.39, 0.29) is 11.1 Å². The average molecular weight is 547 g/mol. The molecule has 0 heterocycles. The van der Waals surface area contributed by atoms with Gasteiger partial charge in [-0.3, -0.25) is 0 Å². The van der Waals surface area contributed by atoms with Gasteiger partial charge in [-0.1, -0.05) is 81.3 Å². The van der Waals surface area contributed by atoms with Crippen molar-refractivity contribution in [2.75, 3.05) is 24.7 Å². The fourth-order valence-electron chi connectivity index (χ4n) is 3.77. The fourth-order valence-corrected chi connectivity index (χ4v) is 6.02. The number of anilines is 2. The third-order valence-corrected chi connectivity index (χ3v) is 8.14. The van der Waals surface area contributed by atoms with Gasteiger partial charge in [-0.15, -0.1) is 0 Å². The van der Waals surface area contributed by atoms with Crippen LogP contribution in [0.1, 0.15) is 63.5 Å². The van der Waals surface area contributed by atoms with Gasteiger partial charge >= 0.3 is 0 Å². The van der Waals surface area contributed by atoms with Crippen LogP contribution in [0.15, 0.2) is 68.1 Å². The van der Waals surface area contributed by atoms with Gasteiger partial charge in [-0.2, -0.15) is 10.5 Å². The largest absolute Gasteiger partial charge is 0.491 e. The number of nitriles is 2. The van der Waals surface area contributed by atoms with Crippen LogP contribution in [-0.4, -0.2) is 13.2 Å². The number of benzene rings is 3. The molecule has 6 nitrogen and oxygen atoms in total. The van der Waals surface area contributed by atoms with Gasteiger partial charge in [0, 0.05) is 21.2 Å². The smallest absolute Gasteiger partial charge is 0.153 e. The highest BCUT2D eigenvalue weighted by molar-refractivity contribution is 8.02. The standard InChI is InChI=1S/C30H34N4O2S2/c1-3-5-9-16-35-27-23(19-31)24(20-32)28(36-17-10-6-4-2)30(38-26-15-8-7-14-25(26)34)29(27)37-22-13-11-12-21(33)18-22/h7-8,11-15,18H,3-6,9-10,16-17,33-34H2,1-2H3. The normalized spacial score (nSPS) is 10.5. The van der Waals surface area contributed by atoms with E-state index in [1.165, 1.54) is 23.5 Å². The number of hydrogen-bond acceptors (Lipinski definition) is 8. The van der Waals surface area contributed by atoms with Gasteiger partial charge in [-0.05, 0) is 43.2 Å². The van der Waals surface area contributed by atoms with Crippen LogP contribution in [-0.2, 0) is 0 Å². The molecule has 8 heteroatoms. The van der Waals surface area contributed by atoms with Crippen molar-refractivity contribution in [3.63, 3.8) is 0 Å². The maximum absolute atomic E-state index is 10.2. The van der Waals surface area contributed by atoms with E-state index >= 15 is 0 Å². The fraction of sp³-hybridized carbons (Fsp3) is 0.333. The topological polar surface area (TPSA) is 118 Å². The molecule has 0 fully saturated rings. The SMILES string of the molecule is CCCCCOc1c(C#N)c(C#N)c(OCCCCC)c(Sc2ccccc2N)c1Sc1cccc(N)c1. The van der Waals surface area contributed by atoms with E-state index in [1.54, 1.807) is 0 Å². The molecule has 0 atom stereocenters. The Bertz CT molecular complexity index is 1310. The van der Waals surface area contributed by atoms with Crippen molar-refractivity contribution in [1.82, 2.24) is 0 Å². The number of unbranched alkanes of at least 4 members (excludes halogenated alkanes) is 4. The molecule has 0 spiro atoms. The number of rotatable bonds is 14. The molecule has 38 heavy (non-hydrogen) atoms. The Balaban J connectivity index is 2.27. The van der Waals surface area contributed by atoms with Gasteiger partial charge in [-0.25, -0.2) is 0 Å². The summed E-state index contributed by atoms with van der Waals surface area (Å²) in [6.07, 6.45) is 5.78. The van der Waals surface area contributed by atoms with E-state index in [0.717, 1.165) is 48.3 Å². The summed E-state index contributed by atoms with van der Waals surface area (Å²) in [6.45, 7) is 5.12. The molecule has 198 valence electrons. The molecule has 0 saturated heterocycles. The first-order valence-electron chi connectivity index (χ1n) is 12.9. The summed E-state index contributed by atoms with van der Waals surface area (Å²) >= 11 is 2.86. The molecule has 0 aliphatic heterocycles. The Morgan fingerprint density at radius 2 is 1.32 bits per heavy atom. The van der Waals surface area contributed by atoms with Crippen LogP contribution in [0.5, 0.6) is 11.5 Å². The zero-order valence-electron chi connectivity index (χ0n) is 22.0. The van der Waals surface area contributed by atoms with Crippen molar-refractivity contribution in [3.8, 4) is 23.6 Å². The second-order valence-electron chi connectivity index (χ2n) is 8.72. The van der Waals surface area contributed by atoms with Gasteiger partial charge in [0.05, 0.1) is 23.0 Å². The molecule has 3 aromatic rings. The number of para-hydroxylation sites is 1. The summed E-state index contributed by atoms with van der Waals surface area (Å²) in [6, 6.07) is 19.6. The van der Waals surface area contributed by atoms with E-state index in [0.29, 0.717) is 45.9 Å².